The number of nitrogens with two attached hydrogens (primary N) is 1. The number of Topliss-reactive ketones (excluding diaryl/α,β-unsaturated/α-hetero) is 1. The van der Waals surface area contributed by atoms with Crippen LogP contribution in [0.2, 0.25) is 0 Å². The van der Waals surface area contributed by atoms with E-state index in [1.54, 1.807) is 12.4 Å². The van der Waals surface area contributed by atoms with Gasteiger partial charge in [-0.3, -0.25) is 14.7 Å². The molecule has 86 valence electrons. The molecule has 0 amide bonds. The molecule has 1 aromatic rings. The van der Waals surface area contributed by atoms with Gasteiger partial charge in [-0.25, -0.2) is 4.98 Å². The molecule has 5 nitrogen and oxygen atoms in total. The third-order valence-electron chi connectivity index (χ3n) is 2.92. The number of carbonyl (C=O) groups is 1. The smallest absolute Gasteiger partial charge is 0.196 e. The van der Waals surface area contributed by atoms with E-state index >= 15 is 0 Å². The molecule has 1 aliphatic heterocycles. The fourth-order valence-electron chi connectivity index (χ4n) is 1.98. The number of hydrogen-bond acceptors (Lipinski definition) is 5. The largest absolute Gasteiger partial charge is 0.330 e. The maximum Gasteiger partial charge on any atom is 0.196 e. The van der Waals surface area contributed by atoms with E-state index in [9.17, 15) is 4.79 Å². The van der Waals surface area contributed by atoms with Gasteiger partial charge in [-0.1, -0.05) is 0 Å². The second-order valence-corrected chi connectivity index (χ2v) is 4.14. The Morgan fingerprint density at radius 3 is 3.06 bits per heavy atom. The van der Waals surface area contributed by atoms with Crippen LogP contribution >= 0.6 is 0 Å². The summed E-state index contributed by atoms with van der Waals surface area (Å²) in [6, 6.07) is 0. The minimum absolute atomic E-state index is 0.0331. The molecule has 0 radical (unpaired) electrons. The highest BCUT2D eigenvalue weighted by molar-refractivity contribution is 5.95. The lowest BCUT2D eigenvalue weighted by Crippen LogP contribution is -2.29. The predicted molar refractivity (Wildman–Crippen MR) is 60.0 cm³/mol. The Hall–Kier alpha value is -1.33. The van der Waals surface area contributed by atoms with Crippen LogP contribution in [-0.2, 0) is 0 Å². The van der Waals surface area contributed by atoms with E-state index < -0.39 is 0 Å². The molecule has 1 saturated heterocycles. The maximum absolute atomic E-state index is 11.8. The summed E-state index contributed by atoms with van der Waals surface area (Å²) in [5.74, 6) is 0.570. The van der Waals surface area contributed by atoms with Crippen molar-refractivity contribution in [2.24, 2.45) is 11.7 Å². The molecule has 16 heavy (non-hydrogen) atoms. The van der Waals surface area contributed by atoms with Crippen molar-refractivity contribution in [1.82, 2.24) is 14.9 Å². The first-order chi connectivity index (χ1) is 7.79. The van der Waals surface area contributed by atoms with Crippen molar-refractivity contribution < 1.29 is 4.79 Å². The Morgan fingerprint density at radius 1 is 1.56 bits per heavy atom. The fourth-order valence-corrected chi connectivity index (χ4v) is 1.98. The summed E-state index contributed by atoms with van der Waals surface area (Å²) >= 11 is 0. The van der Waals surface area contributed by atoms with Crippen LogP contribution < -0.4 is 5.73 Å². The molecule has 5 heteroatoms. The zero-order chi connectivity index (χ0) is 11.4. The van der Waals surface area contributed by atoms with Crippen molar-refractivity contribution in [2.75, 3.05) is 26.2 Å². The fraction of sp³-hybridized carbons (Fsp3) is 0.545. The highest BCUT2D eigenvalue weighted by Crippen LogP contribution is 2.14. The number of ketones is 1. The van der Waals surface area contributed by atoms with Crippen molar-refractivity contribution in [2.45, 2.75) is 6.42 Å². The molecule has 1 aromatic heterocycles. The molecule has 0 unspecified atom stereocenters. The van der Waals surface area contributed by atoms with E-state index in [4.69, 9.17) is 5.73 Å². The second-order valence-electron chi connectivity index (χ2n) is 4.14. The van der Waals surface area contributed by atoms with Crippen molar-refractivity contribution >= 4 is 5.78 Å². The topological polar surface area (TPSA) is 72.1 Å². The van der Waals surface area contributed by atoms with Crippen molar-refractivity contribution in [3.05, 3.63) is 24.3 Å². The molecule has 0 aromatic carbocycles. The number of aromatic nitrogens is 2. The van der Waals surface area contributed by atoms with E-state index in [1.807, 2.05) is 0 Å². The third kappa shape index (κ3) is 2.62. The lowest BCUT2D eigenvalue weighted by Gasteiger charge is -2.13. The van der Waals surface area contributed by atoms with Crippen molar-refractivity contribution in [3.63, 3.8) is 0 Å². The van der Waals surface area contributed by atoms with Gasteiger partial charge in [0.05, 0.1) is 12.7 Å². The molecule has 1 atom stereocenters. The molecule has 2 rings (SSSR count). The van der Waals surface area contributed by atoms with Crippen LogP contribution in [0.5, 0.6) is 0 Å². The van der Waals surface area contributed by atoms with Crippen LogP contribution in [0.4, 0.5) is 0 Å². The Labute approximate surface area is 94.7 Å². The lowest BCUT2D eigenvalue weighted by molar-refractivity contribution is 0.0938. The van der Waals surface area contributed by atoms with E-state index in [1.165, 1.54) is 6.20 Å². The highest BCUT2D eigenvalue weighted by Gasteiger charge is 2.23. The maximum atomic E-state index is 11.8. The summed E-state index contributed by atoms with van der Waals surface area (Å²) in [5, 5.41) is 0. The Morgan fingerprint density at radius 2 is 2.44 bits per heavy atom. The van der Waals surface area contributed by atoms with Crippen LogP contribution in [0.25, 0.3) is 0 Å². The molecule has 0 aliphatic carbocycles. The molecular weight excluding hydrogens is 204 g/mol. The summed E-state index contributed by atoms with van der Waals surface area (Å²) in [6.45, 7) is 3.00. The van der Waals surface area contributed by atoms with E-state index in [2.05, 4.69) is 14.9 Å². The van der Waals surface area contributed by atoms with E-state index in [0.29, 0.717) is 24.7 Å². The molecule has 0 spiro atoms. The number of hydrogen-bond donors (Lipinski definition) is 1. The van der Waals surface area contributed by atoms with Crippen LogP contribution in [0, 0.1) is 5.92 Å². The average Bonchev–Trinajstić information content (AvgIpc) is 2.78. The summed E-state index contributed by atoms with van der Waals surface area (Å²) in [5.41, 5.74) is 6.05. The van der Waals surface area contributed by atoms with Gasteiger partial charge < -0.3 is 5.73 Å². The van der Waals surface area contributed by atoms with E-state index in [-0.39, 0.29) is 5.78 Å². The van der Waals surface area contributed by atoms with E-state index in [0.717, 1.165) is 19.5 Å². The molecule has 0 saturated carbocycles. The summed E-state index contributed by atoms with van der Waals surface area (Å²) in [7, 11) is 0. The highest BCUT2D eigenvalue weighted by atomic mass is 16.1. The zero-order valence-electron chi connectivity index (χ0n) is 9.17. The van der Waals surface area contributed by atoms with Crippen LogP contribution in [0.3, 0.4) is 0 Å². The first kappa shape index (κ1) is 11.2. The van der Waals surface area contributed by atoms with Gasteiger partial charge in [0.25, 0.3) is 0 Å². The summed E-state index contributed by atoms with van der Waals surface area (Å²) < 4.78 is 0. The number of likely N-dealkylation sites (tertiary alicyclic amines) is 1. The third-order valence-corrected chi connectivity index (χ3v) is 2.92. The van der Waals surface area contributed by atoms with Crippen LogP contribution in [-0.4, -0.2) is 46.8 Å². The van der Waals surface area contributed by atoms with Gasteiger partial charge in [0, 0.05) is 18.9 Å². The van der Waals surface area contributed by atoms with Crippen LogP contribution in [0.1, 0.15) is 16.9 Å². The van der Waals surface area contributed by atoms with Gasteiger partial charge >= 0.3 is 0 Å². The first-order valence-corrected chi connectivity index (χ1v) is 5.51. The lowest BCUT2D eigenvalue weighted by atomic mass is 10.1. The van der Waals surface area contributed by atoms with Gasteiger partial charge in [-0.2, -0.15) is 0 Å². The molecule has 0 bridgehead atoms. The minimum atomic E-state index is 0.0331. The molecule has 2 heterocycles. The average molecular weight is 220 g/mol. The minimum Gasteiger partial charge on any atom is -0.330 e. The molecular formula is C11H16N4O. The van der Waals surface area contributed by atoms with Crippen molar-refractivity contribution in [3.8, 4) is 0 Å². The Bertz CT molecular complexity index is 354. The van der Waals surface area contributed by atoms with Gasteiger partial charge in [-0.05, 0) is 25.4 Å². The predicted octanol–water partition coefficient (Wildman–Crippen LogP) is -0.0601. The number of nitrogens with zero attached hydrogens (tertiary/aromatic N) is 3. The monoisotopic (exact) mass is 220 g/mol. The van der Waals surface area contributed by atoms with Gasteiger partial charge in [-0.15, -0.1) is 0 Å². The zero-order valence-corrected chi connectivity index (χ0v) is 9.17. The van der Waals surface area contributed by atoms with Crippen molar-refractivity contribution in [1.29, 1.82) is 0 Å². The number of carbonyl (C=O) groups excluding carboxylic acids is 1. The first-order valence-electron chi connectivity index (χ1n) is 5.51. The quantitative estimate of drug-likeness (QED) is 0.720. The van der Waals surface area contributed by atoms with Gasteiger partial charge in [0.2, 0.25) is 0 Å². The normalized spacial score (nSPS) is 21.2. The summed E-state index contributed by atoms with van der Waals surface area (Å²) in [4.78, 5) is 21.8. The molecule has 1 aliphatic rings. The Balaban J connectivity index is 1.89. The van der Waals surface area contributed by atoms with Crippen LogP contribution in [0.15, 0.2) is 18.6 Å². The number of rotatable bonds is 4. The van der Waals surface area contributed by atoms with Gasteiger partial charge in [0.15, 0.2) is 5.78 Å². The molecule has 2 N–H and O–H groups in total. The Kier molecular flexibility index (Phi) is 3.58. The SMILES string of the molecule is NC[C@H]1CCN(CC(=O)c2cnccn2)C1. The second kappa shape index (κ2) is 5.14. The standard InChI is InChI=1S/C11H16N4O/c12-5-9-1-4-15(7-9)8-11(16)10-6-13-2-3-14-10/h2-3,6,9H,1,4-5,7-8,12H2/t9-/m1/s1. The van der Waals surface area contributed by atoms with Gasteiger partial charge in [0.1, 0.15) is 5.69 Å². The molecule has 1 fully saturated rings. The summed E-state index contributed by atoms with van der Waals surface area (Å²) in [6.07, 6.45) is 5.71.